The minimum absolute atomic E-state index is 0.169. The first kappa shape index (κ1) is 10.4. The van der Waals surface area contributed by atoms with Crippen LogP contribution in [-0.2, 0) is 9.53 Å². The standard InChI is InChI=1S/C12H16O3/c1-2-5-15-11(12(13)14)10-7-8-3-4-9(10)6-8/h2-3,9-11H,1,4-7H2,(H,13,14). The second kappa shape index (κ2) is 4.19. The summed E-state index contributed by atoms with van der Waals surface area (Å²) >= 11 is 0. The third kappa shape index (κ3) is 1.97. The number of hydrogen-bond acceptors (Lipinski definition) is 2. The zero-order valence-electron chi connectivity index (χ0n) is 8.69. The van der Waals surface area contributed by atoms with Gasteiger partial charge in [-0.3, -0.25) is 0 Å². The van der Waals surface area contributed by atoms with Crippen LogP contribution in [0.25, 0.3) is 0 Å². The van der Waals surface area contributed by atoms with Gasteiger partial charge in [0.15, 0.2) is 6.10 Å². The molecule has 15 heavy (non-hydrogen) atoms. The normalized spacial score (nSPS) is 30.0. The van der Waals surface area contributed by atoms with E-state index in [0.717, 1.165) is 19.3 Å². The van der Waals surface area contributed by atoms with Crippen LogP contribution in [0, 0.1) is 11.8 Å². The maximum Gasteiger partial charge on any atom is 0.333 e. The SMILES string of the molecule is C=CCOC(C(=O)O)C1CC2=CCC1C2. The molecule has 82 valence electrons. The van der Waals surface area contributed by atoms with Gasteiger partial charge in [0.25, 0.3) is 0 Å². The van der Waals surface area contributed by atoms with Gasteiger partial charge in [-0.25, -0.2) is 4.79 Å². The first-order valence-corrected chi connectivity index (χ1v) is 5.35. The van der Waals surface area contributed by atoms with Crippen LogP contribution in [0.2, 0.25) is 0 Å². The Labute approximate surface area is 89.4 Å². The summed E-state index contributed by atoms with van der Waals surface area (Å²) < 4.78 is 5.34. The molecule has 3 nitrogen and oxygen atoms in total. The van der Waals surface area contributed by atoms with E-state index in [1.807, 2.05) is 0 Å². The molecule has 0 aromatic carbocycles. The maximum atomic E-state index is 11.1. The molecule has 2 aliphatic carbocycles. The van der Waals surface area contributed by atoms with Gasteiger partial charge in [0.05, 0.1) is 6.61 Å². The Kier molecular flexibility index (Phi) is 2.91. The van der Waals surface area contributed by atoms with Crippen LogP contribution < -0.4 is 0 Å². The molecule has 0 aliphatic heterocycles. The molecule has 0 aromatic heterocycles. The molecule has 0 saturated heterocycles. The van der Waals surface area contributed by atoms with E-state index in [-0.39, 0.29) is 5.92 Å². The van der Waals surface area contributed by atoms with Crippen molar-refractivity contribution in [3.63, 3.8) is 0 Å². The van der Waals surface area contributed by atoms with E-state index >= 15 is 0 Å². The van der Waals surface area contributed by atoms with Gasteiger partial charge in [-0.1, -0.05) is 17.7 Å². The summed E-state index contributed by atoms with van der Waals surface area (Å²) in [5.74, 6) is -0.177. The summed E-state index contributed by atoms with van der Waals surface area (Å²) in [7, 11) is 0. The molecular weight excluding hydrogens is 192 g/mol. The number of aliphatic carboxylic acids is 1. The molecule has 1 saturated carbocycles. The predicted molar refractivity (Wildman–Crippen MR) is 56.5 cm³/mol. The van der Waals surface area contributed by atoms with E-state index in [1.54, 1.807) is 6.08 Å². The number of fused-ring (bicyclic) bond motifs is 2. The molecule has 0 heterocycles. The van der Waals surface area contributed by atoms with Crippen LogP contribution >= 0.6 is 0 Å². The molecule has 1 N–H and O–H groups in total. The van der Waals surface area contributed by atoms with Crippen LogP contribution in [0.5, 0.6) is 0 Å². The van der Waals surface area contributed by atoms with Gasteiger partial charge < -0.3 is 9.84 Å². The molecule has 3 heteroatoms. The molecular formula is C12H16O3. The summed E-state index contributed by atoms with van der Waals surface area (Å²) in [5, 5.41) is 9.11. The fourth-order valence-electron chi connectivity index (χ4n) is 2.69. The van der Waals surface area contributed by atoms with Crippen molar-refractivity contribution in [3.05, 3.63) is 24.3 Å². The number of hydrogen-bond donors (Lipinski definition) is 1. The number of carboxylic acids is 1. The highest BCUT2D eigenvalue weighted by Gasteiger charge is 2.42. The Bertz CT molecular complexity index is 306. The smallest absolute Gasteiger partial charge is 0.333 e. The number of rotatable bonds is 5. The molecule has 3 unspecified atom stereocenters. The molecule has 2 rings (SSSR count). The van der Waals surface area contributed by atoms with E-state index in [1.165, 1.54) is 5.57 Å². The quantitative estimate of drug-likeness (QED) is 0.703. The van der Waals surface area contributed by atoms with Gasteiger partial charge in [-0.2, -0.15) is 0 Å². The summed E-state index contributed by atoms with van der Waals surface area (Å²) in [4.78, 5) is 11.1. The van der Waals surface area contributed by atoms with Crippen LogP contribution in [-0.4, -0.2) is 23.8 Å². The Morgan fingerprint density at radius 3 is 3.00 bits per heavy atom. The van der Waals surface area contributed by atoms with Crippen molar-refractivity contribution in [1.29, 1.82) is 0 Å². The molecule has 3 atom stereocenters. The van der Waals surface area contributed by atoms with Crippen molar-refractivity contribution < 1.29 is 14.6 Å². The first-order chi connectivity index (χ1) is 7.22. The lowest BCUT2D eigenvalue weighted by Gasteiger charge is -2.25. The molecule has 0 amide bonds. The average Bonchev–Trinajstić information content (AvgIpc) is 2.79. The van der Waals surface area contributed by atoms with E-state index < -0.39 is 12.1 Å². The fourth-order valence-corrected chi connectivity index (χ4v) is 2.69. The van der Waals surface area contributed by atoms with Gasteiger partial charge in [0.2, 0.25) is 0 Å². The highest BCUT2D eigenvalue weighted by atomic mass is 16.5. The Morgan fingerprint density at radius 2 is 2.53 bits per heavy atom. The summed E-state index contributed by atoms with van der Waals surface area (Å²) in [6, 6.07) is 0. The van der Waals surface area contributed by atoms with Crippen molar-refractivity contribution in [2.45, 2.75) is 25.4 Å². The minimum Gasteiger partial charge on any atom is -0.479 e. The summed E-state index contributed by atoms with van der Waals surface area (Å²) in [6.45, 7) is 3.86. The Morgan fingerprint density at radius 1 is 1.73 bits per heavy atom. The number of carboxylic acid groups (broad SMARTS) is 1. The third-order valence-corrected chi connectivity index (χ3v) is 3.36. The van der Waals surface area contributed by atoms with Crippen LogP contribution in [0.15, 0.2) is 24.3 Å². The molecule has 1 fully saturated rings. The lowest BCUT2D eigenvalue weighted by atomic mass is 9.87. The second-order valence-corrected chi connectivity index (χ2v) is 4.31. The monoisotopic (exact) mass is 208 g/mol. The molecule has 0 spiro atoms. The summed E-state index contributed by atoms with van der Waals surface area (Å²) in [6.07, 6.45) is 6.20. The van der Waals surface area contributed by atoms with Gasteiger partial charge >= 0.3 is 5.97 Å². The van der Waals surface area contributed by atoms with E-state index in [9.17, 15) is 4.79 Å². The molecule has 0 radical (unpaired) electrons. The average molecular weight is 208 g/mol. The minimum atomic E-state index is -0.838. The second-order valence-electron chi connectivity index (χ2n) is 4.31. The van der Waals surface area contributed by atoms with Crippen molar-refractivity contribution in [1.82, 2.24) is 0 Å². The fraction of sp³-hybridized carbons (Fsp3) is 0.583. The van der Waals surface area contributed by atoms with Crippen LogP contribution in [0.3, 0.4) is 0 Å². The number of carbonyl (C=O) groups is 1. The predicted octanol–water partition coefficient (Wildman–Crippen LogP) is 2.00. The Balaban J connectivity index is 2.02. The van der Waals surface area contributed by atoms with Gasteiger partial charge in [-0.15, -0.1) is 6.58 Å². The molecule has 2 aliphatic rings. The first-order valence-electron chi connectivity index (χ1n) is 5.35. The third-order valence-electron chi connectivity index (χ3n) is 3.36. The Hall–Kier alpha value is -1.09. The van der Waals surface area contributed by atoms with E-state index in [2.05, 4.69) is 12.7 Å². The molecule has 2 bridgehead atoms. The van der Waals surface area contributed by atoms with E-state index in [0.29, 0.717) is 12.5 Å². The maximum absolute atomic E-state index is 11.1. The van der Waals surface area contributed by atoms with E-state index in [4.69, 9.17) is 9.84 Å². The highest BCUT2D eigenvalue weighted by molar-refractivity contribution is 5.73. The van der Waals surface area contributed by atoms with Crippen LogP contribution in [0.1, 0.15) is 19.3 Å². The lowest BCUT2D eigenvalue weighted by Crippen LogP contribution is -2.35. The highest BCUT2D eigenvalue weighted by Crippen LogP contribution is 2.46. The zero-order chi connectivity index (χ0) is 10.8. The van der Waals surface area contributed by atoms with Crippen molar-refractivity contribution in [3.8, 4) is 0 Å². The molecule has 0 aromatic rings. The topological polar surface area (TPSA) is 46.5 Å². The van der Waals surface area contributed by atoms with Gasteiger partial charge in [0, 0.05) is 5.92 Å². The summed E-state index contributed by atoms with van der Waals surface area (Å²) in [5.41, 5.74) is 1.42. The van der Waals surface area contributed by atoms with Crippen molar-refractivity contribution in [2.75, 3.05) is 6.61 Å². The van der Waals surface area contributed by atoms with Crippen molar-refractivity contribution >= 4 is 5.97 Å². The number of allylic oxidation sites excluding steroid dienone is 2. The van der Waals surface area contributed by atoms with Gasteiger partial charge in [-0.05, 0) is 25.2 Å². The van der Waals surface area contributed by atoms with Crippen LogP contribution in [0.4, 0.5) is 0 Å². The van der Waals surface area contributed by atoms with Crippen molar-refractivity contribution in [2.24, 2.45) is 11.8 Å². The zero-order valence-corrected chi connectivity index (χ0v) is 8.69. The largest absolute Gasteiger partial charge is 0.479 e. The number of ether oxygens (including phenoxy) is 1. The lowest BCUT2D eigenvalue weighted by molar-refractivity contribution is -0.154. The van der Waals surface area contributed by atoms with Gasteiger partial charge in [0.1, 0.15) is 0 Å².